The zero-order valence-corrected chi connectivity index (χ0v) is 16.7. The van der Waals surface area contributed by atoms with Gasteiger partial charge in [0.05, 0.1) is 6.61 Å². The van der Waals surface area contributed by atoms with Crippen LogP contribution in [-0.4, -0.2) is 36.6 Å². The molecule has 1 aromatic heterocycles. The second kappa shape index (κ2) is 7.29. The van der Waals surface area contributed by atoms with Gasteiger partial charge in [0.1, 0.15) is 0 Å². The number of esters is 1. The summed E-state index contributed by atoms with van der Waals surface area (Å²) in [5.74, 6) is -0.796. The van der Waals surface area contributed by atoms with Crippen molar-refractivity contribution in [2.45, 2.75) is 31.6 Å². The third kappa shape index (κ3) is 3.95. The minimum atomic E-state index is -3.71. The predicted molar refractivity (Wildman–Crippen MR) is 100 cm³/mol. The molecule has 8 heteroatoms. The molecule has 0 saturated carbocycles. The zero-order chi connectivity index (χ0) is 18.8. The largest absolute Gasteiger partial charge is 0.465 e. The minimum Gasteiger partial charge on any atom is -0.465 e. The van der Waals surface area contributed by atoms with Gasteiger partial charge >= 0.3 is 5.97 Å². The molecular weight excluding hydrogens is 410 g/mol. The smallest absolute Gasteiger partial charge is 0.327 e. The highest BCUT2D eigenvalue weighted by Crippen LogP contribution is 2.24. The maximum Gasteiger partial charge on any atom is 0.327 e. The van der Waals surface area contributed by atoms with Gasteiger partial charge in [0.2, 0.25) is 0 Å². The van der Waals surface area contributed by atoms with Crippen molar-refractivity contribution in [1.82, 2.24) is 4.57 Å². The van der Waals surface area contributed by atoms with Crippen molar-refractivity contribution in [2.75, 3.05) is 12.9 Å². The van der Waals surface area contributed by atoms with E-state index in [1.165, 1.54) is 11.5 Å². The first-order valence-electron chi connectivity index (χ1n) is 7.75. The average molecular weight is 430 g/mol. The van der Waals surface area contributed by atoms with Gasteiger partial charge in [0, 0.05) is 28.9 Å². The minimum absolute atomic E-state index is 0.0490. The quantitative estimate of drug-likeness (QED) is 0.658. The van der Waals surface area contributed by atoms with Crippen LogP contribution >= 0.6 is 15.9 Å². The molecule has 0 spiro atoms. The van der Waals surface area contributed by atoms with E-state index in [0.717, 1.165) is 16.1 Å². The lowest BCUT2D eigenvalue weighted by molar-refractivity contribution is -0.146. The molecule has 0 N–H and O–H groups in total. The average Bonchev–Trinajstić information content (AvgIpc) is 2.53. The summed E-state index contributed by atoms with van der Waals surface area (Å²) in [5.41, 5.74) is -0.232. The Bertz CT molecular complexity index is 967. The van der Waals surface area contributed by atoms with Crippen LogP contribution in [0.25, 0.3) is 10.8 Å². The van der Waals surface area contributed by atoms with Crippen LogP contribution in [0.5, 0.6) is 0 Å². The number of carbonyl (C=O) groups is 1. The molecule has 0 fully saturated rings. The van der Waals surface area contributed by atoms with Gasteiger partial charge < -0.3 is 9.30 Å². The van der Waals surface area contributed by atoms with Crippen LogP contribution in [0.1, 0.15) is 20.3 Å². The number of aryl methyl sites for hydroxylation is 1. The van der Waals surface area contributed by atoms with E-state index in [1.54, 1.807) is 31.3 Å². The van der Waals surface area contributed by atoms with E-state index in [0.29, 0.717) is 5.39 Å². The predicted octanol–water partition coefficient (Wildman–Crippen LogP) is 2.52. The standard InChI is InChI=1S/C17H20BrNO5S/c1-4-24-16(21)17(2,25(3,22)23)8-10-19-9-7-12-11-13(18)5-6-14(12)15(19)20/h5-7,9,11H,4,8,10H2,1-3H3. The molecule has 0 radical (unpaired) electrons. The summed E-state index contributed by atoms with van der Waals surface area (Å²) in [6.07, 6.45) is 2.56. The molecule has 25 heavy (non-hydrogen) atoms. The lowest BCUT2D eigenvalue weighted by Gasteiger charge is -2.25. The van der Waals surface area contributed by atoms with Gasteiger partial charge in [-0.2, -0.15) is 0 Å². The van der Waals surface area contributed by atoms with Crippen molar-refractivity contribution in [1.29, 1.82) is 0 Å². The number of hydrogen-bond donors (Lipinski definition) is 0. The first-order chi connectivity index (χ1) is 11.6. The van der Waals surface area contributed by atoms with Crippen molar-refractivity contribution in [3.63, 3.8) is 0 Å². The summed E-state index contributed by atoms with van der Waals surface area (Å²) in [6, 6.07) is 7.09. The maximum atomic E-state index is 12.6. The SMILES string of the molecule is CCOC(=O)C(C)(CCn1ccc2cc(Br)ccc2c1=O)S(C)(=O)=O. The molecule has 0 amide bonds. The Morgan fingerprint density at radius 2 is 2.00 bits per heavy atom. The molecule has 1 atom stereocenters. The van der Waals surface area contributed by atoms with E-state index in [2.05, 4.69) is 15.9 Å². The molecule has 1 unspecified atom stereocenters. The topological polar surface area (TPSA) is 82.4 Å². The first-order valence-corrected chi connectivity index (χ1v) is 10.4. The molecule has 0 aliphatic rings. The van der Waals surface area contributed by atoms with E-state index in [4.69, 9.17) is 4.74 Å². The van der Waals surface area contributed by atoms with Crippen LogP contribution in [0, 0.1) is 0 Å². The fourth-order valence-corrected chi connectivity index (χ4v) is 3.69. The van der Waals surface area contributed by atoms with Crippen LogP contribution in [0.2, 0.25) is 0 Å². The molecule has 6 nitrogen and oxygen atoms in total. The highest BCUT2D eigenvalue weighted by Gasteiger charge is 2.44. The fraction of sp³-hybridized carbons (Fsp3) is 0.412. The third-order valence-corrected chi connectivity index (χ3v) is 6.80. The Hall–Kier alpha value is -1.67. The van der Waals surface area contributed by atoms with Crippen molar-refractivity contribution >= 4 is 42.5 Å². The molecule has 2 aromatic rings. The maximum absolute atomic E-state index is 12.6. The Morgan fingerprint density at radius 1 is 1.32 bits per heavy atom. The number of rotatable bonds is 6. The summed E-state index contributed by atoms with van der Waals surface area (Å²) in [5, 5.41) is 1.31. The van der Waals surface area contributed by atoms with Gasteiger partial charge in [-0.05, 0) is 49.9 Å². The highest BCUT2D eigenvalue weighted by molar-refractivity contribution is 9.10. The lowest BCUT2D eigenvalue weighted by atomic mass is 10.1. The van der Waals surface area contributed by atoms with Gasteiger partial charge in [-0.15, -0.1) is 0 Å². The van der Waals surface area contributed by atoms with E-state index in [-0.39, 0.29) is 25.1 Å². The summed E-state index contributed by atoms with van der Waals surface area (Å²) in [7, 11) is -3.71. The summed E-state index contributed by atoms with van der Waals surface area (Å²) in [4.78, 5) is 24.8. The number of ether oxygens (including phenoxy) is 1. The molecule has 0 aliphatic carbocycles. The Kier molecular flexibility index (Phi) is 5.73. The Labute approximate surface area is 154 Å². The van der Waals surface area contributed by atoms with Crippen LogP contribution in [0.15, 0.2) is 39.7 Å². The highest BCUT2D eigenvalue weighted by atomic mass is 79.9. The molecule has 1 aromatic carbocycles. The molecule has 1 heterocycles. The van der Waals surface area contributed by atoms with Crippen molar-refractivity contribution in [2.24, 2.45) is 0 Å². The van der Waals surface area contributed by atoms with E-state index in [1.807, 2.05) is 6.07 Å². The number of hydrogen-bond acceptors (Lipinski definition) is 5. The monoisotopic (exact) mass is 429 g/mol. The van der Waals surface area contributed by atoms with E-state index < -0.39 is 20.6 Å². The molecule has 0 bridgehead atoms. The van der Waals surface area contributed by atoms with Crippen molar-refractivity contribution in [3.8, 4) is 0 Å². The first kappa shape index (κ1) is 19.7. The third-order valence-electron chi connectivity index (χ3n) is 4.29. The van der Waals surface area contributed by atoms with Crippen LogP contribution in [0.4, 0.5) is 0 Å². The van der Waals surface area contributed by atoms with Crippen molar-refractivity contribution < 1.29 is 17.9 Å². The van der Waals surface area contributed by atoms with Crippen LogP contribution in [0.3, 0.4) is 0 Å². The Balaban J connectivity index is 2.37. The van der Waals surface area contributed by atoms with Gasteiger partial charge in [0.15, 0.2) is 14.6 Å². The number of carbonyl (C=O) groups excluding carboxylic acids is 1. The van der Waals surface area contributed by atoms with Gasteiger partial charge in [-0.1, -0.05) is 15.9 Å². The summed E-state index contributed by atoms with van der Waals surface area (Å²) >= 11 is 3.36. The zero-order valence-electron chi connectivity index (χ0n) is 14.3. The number of halogens is 1. The molecule has 136 valence electrons. The van der Waals surface area contributed by atoms with Gasteiger partial charge in [-0.25, -0.2) is 8.42 Å². The van der Waals surface area contributed by atoms with Gasteiger partial charge in [-0.3, -0.25) is 9.59 Å². The normalized spacial score (nSPS) is 14.2. The van der Waals surface area contributed by atoms with Gasteiger partial charge in [0.25, 0.3) is 5.56 Å². The molecule has 0 saturated heterocycles. The number of fused-ring (bicyclic) bond motifs is 1. The second-order valence-electron chi connectivity index (χ2n) is 6.02. The van der Waals surface area contributed by atoms with E-state index in [9.17, 15) is 18.0 Å². The number of pyridine rings is 1. The molecular formula is C17H20BrNO5S. The fourth-order valence-electron chi connectivity index (χ4n) is 2.49. The number of aromatic nitrogens is 1. The summed E-state index contributed by atoms with van der Waals surface area (Å²) in [6.45, 7) is 3.14. The van der Waals surface area contributed by atoms with Crippen molar-refractivity contribution in [3.05, 3.63) is 45.3 Å². The van der Waals surface area contributed by atoms with Crippen LogP contribution < -0.4 is 5.56 Å². The molecule has 0 aliphatic heterocycles. The second-order valence-corrected chi connectivity index (χ2v) is 9.38. The van der Waals surface area contributed by atoms with E-state index >= 15 is 0 Å². The Morgan fingerprint density at radius 3 is 2.60 bits per heavy atom. The lowest BCUT2D eigenvalue weighted by Crippen LogP contribution is -2.45. The van der Waals surface area contributed by atoms with Crippen LogP contribution in [-0.2, 0) is 25.9 Å². The summed E-state index contributed by atoms with van der Waals surface area (Å²) < 4.78 is 29.8. The number of sulfone groups is 1. The number of benzene rings is 1. The molecule has 2 rings (SSSR count). The number of nitrogens with zero attached hydrogens (tertiary/aromatic N) is 1.